The number of amides is 2. The number of likely N-dealkylation sites (tertiary alicyclic amines) is 1. The Labute approximate surface area is 180 Å². The van der Waals surface area contributed by atoms with Gasteiger partial charge in [-0.3, -0.25) is 14.6 Å². The smallest absolute Gasteiger partial charge is 0.255 e. The largest absolute Gasteiger partial charge is 0.339 e. The van der Waals surface area contributed by atoms with Gasteiger partial charge in [0.05, 0.1) is 16.8 Å². The van der Waals surface area contributed by atoms with E-state index in [4.69, 9.17) is 11.6 Å². The lowest BCUT2D eigenvalue weighted by Crippen LogP contribution is -2.36. The molecule has 3 aromatic rings. The molecule has 2 amide bonds. The molecule has 6 heteroatoms. The molecule has 0 bridgehead atoms. The van der Waals surface area contributed by atoms with E-state index in [2.05, 4.69) is 10.3 Å². The SMILES string of the molecule is O=C(/C=C/c1cccc2cccnc12)Nc1cc(Cl)ccc1C(=O)N1CCCCC1. The number of hydrogen-bond acceptors (Lipinski definition) is 3. The summed E-state index contributed by atoms with van der Waals surface area (Å²) in [6, 6.07) is 14.6. The summed E-state index contributed by atoms with van der Waals surface area (Å²) in [5.74, 6) is -0.415. The first kappa shape index (κ1) is 20.1. The van der Waals surface area contributed by atoms with Gasteiger partial charge in [0, 0.05) is 41.3 Å². The zero-order valence-corrected chi connectivity index (χ0v) is 17.2. The van der Waals surface area contributed by atoms with Gasteiger partial charge in [-0.25, -0.2) is 0 Å². The number of hydrogen-bond donors (Lipinski definition) is 1. The monoisotopic (exact) mass is 419 g/mol. The maximum atomic E-state index is 12.9. The lowest BCUT2D eigenvalue weighted by atomic mass is 10.1. The van der Waals surface area contributed by atoms with Crippen LogP contribution >= 0.6 is 11.6 Å². The minimum absolute atomic E-state index is 0.0797. The van der Waals surface area contributed by atoms with Crippen LogP contribution < -0.4 is 5.32 Å². The molecule has 1 N–H and O–H groups in total. The number of carbonyl (C=O) groups is 2. The highest BCUT2D eigenvalue weighted by molar-refractivity contribution is 6.31. The molecule has 4 rings (SSSR count). The first-order chi connectivity index (χ1) is 14.6. The number of para-hydroxylation sites is 1. The number of rotatable bonds is 4. The van der Waals surface area contributed by atoms with Crippen molar-refractivity contribution in [2.45, 2.75) is 19.3 Å². The van der Waals surface area contributed by atoms with E-state index in [0.29, 0.717) is 16.3 Å². The van der Waals surface area contributed by atoms with Gasteiger partial charge in [0.25, 0.3) is 5.91 Å². The molecule has 0 spiro atoms. The molecule has 1 saturated heterocycles. The van der Waals surface area contributed by atoms with Crippen LogP contribution in [0.3, 0.4) is 0 Å². The second-order valence-electron chi connectivity index (χ2n) is 7.29. The Kier molecular flexibility index (Phi) is 6.10. The molecule has 30 heavy (non-hydrogen) atoms. The quantitative estimate of drug-likeness (QED) is 0.593. The third-order valence-electron chi connectivity index (χ3n) is 5.19. The second-order valence-corrected chi connectivity index (χ2v) is 7.72. The van der Waals surface area contributed by atoms with Crippen LogP contribution in [-0.2, 0) is 4.79 Å². The fourth-order valence-corrected chi connectivity index (χ4v) is 3.85. The number of pyridine rings is 1. The van der Waals surface area contributed by atoms with E-state index in [1.165, 1.54) is 6.08 Å². The fraction of sp³-hybridized carbons (Fsp3) is 0.208. The summed E-state index contributed by atoms with van der Waals surface area (Å²) in [4.78, 5) is 31.8. The van der Waals surface area contributed by atoms with Gasteiger partial charge in [-0.15, -0.1) is 0 Å². The van der Waals surface area contributed by atoms with Crippen LogP contribution in [0, 0.1) is 0 Å². The number of piperidine rings is 1. The molecule has 0 saturated carbocycles. The van der Waals surface area contributed by atoms with E-state index in [0.717, 1.165) is 48.8 Å². The van der Waals surface area contributed by atoms with Crippen LogP contribution in [0.25, 0.3) is 17.0 Å². The number of benzene rings is 2. The minimum atomic E-state index is -0.335. The maximum absolute atomic E-state index is 12.9. The predicted molar refractivity (Wildman–Crippen MR) is 121 cm³/mol. The summed E-state index contributed by atoms with van der Waals surface area (Å²) in [6.45, 7) is 1.48. The highest BCUT2D eigenvalue weighted by Crippen LogP contribution is 2.24. The van der Waals surface area contributed by atoms with E-state index < -0.39 is 0 Å². The first-order valence-corrected chi connectivity index (χ1v) is 10.4. The predicted octanol–water partition coefficient (Wildman–Crippen LogP) is 5.17. The van der Waals surface area contributed by atoms with E-state index in [9.17, 15) is 9.59 Å². The van der Waals surface area contributed by atoms with Gasteiger partial charge in [0.15, 0.2) is 0 Å². The Morgan fingerprint density at radius 3 is 2.67 bits per heavy atom. The average Bonchev–Trinajstić information content (AvgIpc) is 2.78. The van der Waals surface area contributed by atoms with Crippen LogP contribution in [0.2, 0.25) is 5.02 Å². The normalized spacial score (nSPS) is 14.2. The number of aromatic nitrogens is 1. The molecule has 5 nitrogen and oxygen atoms in total. The van der Waals surface area contributed by atoms with E-state index in [-0.39, 0.29) is 11.8 Å². The number of nitrogens with one attached hydrogen (secondary N) is 1. The standard InChI is InChI=1S/C24H22ClN3O2/c25-19-10-11-20(24(30)28-14-2-1-3-15-28)21(16-19)27-22(29)12-9-18-7-4-6-17-8-5-13-26-23(17)18/h4-13,16H,1-3,14-15H2,(H,27,29)/b12-9+. The molecule has 0 atom stereocenters. The van der Waals surface area contributed by atoms with Gasteiger partial charge < -0.3 is 10.2 Å². The van der Waals surface area contributed by atoms with Crippen molar-refractivity contribution in [1.82, 2.24) is 9.88 Å². The van der Waals surface area contributed by atoms with Gasteiger partial charge in [0.1, 0.15) is 0 Å². The average molecular weight is 420 g/mol. The molecule has 1 fully saturated rings. The number of halogens is 1. The number of nitrogens with zero attached hydrogens (tertiary/aromatic N) is 2. The minimum Gasteiger partial charge on any atom is -0.339 e. The van der Waals surface area contributed by atoms with Gasteiger partial charge in [-0.2, -0.15) is 0 Å². The summed E-state index contributed by atoms with van der Waals surface area (Å²) in [5, 5.41) is 4.28. The number of carbonyl (C=O) groups excluding carboxylic acids is 2. The van der Waals surface area contributed by atoms with E-state index >= 15 is 0 Å². The van der Waals surface area contributed by atoms with Crippen molar-refractivity contribution in [3.63, 3.8) is 0 Å². The van der Waals surface area contributed by atoms with Gasteiger partial charge in [0.2, 0.25) is 5.91 Å². The fourth-order valence-electron chi connectivity index (χ4n) is 3.68. The zero-order valence-electron chi connectivity index (χ0n) is 16.5. The molecular weight excluding hydrogens is 398 g/mol. The van der Waals surface area contributed by atoms with Crippen LogP contribution in [0.4, 0.5) is 5.69 Å². The highest BCUT2D eigenvalue weighted by Gasteiger charge is 2.21. The van der Waals surface area contributed by atoms with Crippen molar-refractivity contribution in [1.29, 1.82) is 0 Å². The zero-order chi connectivity index (χ0) is 20.9. The van der Waals surface area contributed by atoms with Crippen molar-refractivity contribution in [2.24, 2.45) is 0 Å². The Morgan fingerprint density at radius 2 is 1.83 bits per heavy atom. The molecule has 1 aliphatic rings. The van der Waals surface area contributed by atoms with Crippen LogP contribution in [0.1, 0.15) is 35.2 Å². The molecule has 1 aromatic heterocycles. The van der Waals surface area contributed by atoms with Gasteiger partial charge in [-0.05, 0) is 49.6 Å². The summed E-state index contributed by atoms with van der Waals surface area (Å²) in [6.07, 6.45) is 8.04. The molecule has 0 aliphatic carbocycles. The molecule has 1 aliphatic heterocycles. The summed E-state index contributed by atoms with van der Waals surface area (Å²) in [7, 11) is 0. The summed E-state index contributed by atoms with van der Waals surface area (Å²) < 4.78 is 0. The van der Waals surface area contributed by atoms with Crippen LogP contribution in [0.5, 0.6) is 0 Å². The van der Waals surface area contributed by atoms with E-state index in [1.807, 2.05) is 35.2 Å². The topological polar surface area (TPSA) is 62.3 Å². The Morgan fingerprint density at radius 1 is 1.03 bits per heavy atom. The molecular formula is C24H22ClN3O2. The van der Waals surface area contributed by atoms with Gasteiger partial charge >= 0.3 is 0 Å². The third-order valence-corrected chi connectivity index (χ3v) is 5.43. The van der Waals surface area contributed by atoms with Crippen LogP contribution in [0.15, 0.2) is 60.8 Å². The Bertz CT molecular complexity index is 1120. The maximum Gasteiger partial charge on any atom is 0.255 e. The molecule has 0 unspecified atom stereocenters. The molecule has 152 valence electrons. The van der Waals surface area contributed by atoms with Crippen LogP contribution in [-0.4, -0.2) is 34.8 Å². The summed E-state index contributed by atoms with van der Waals surface area (Å²) in [5.41, 5.74) is 2.55. The van der Waals surface area contributed by atoms with Crippen molar-refractivity contribution in [3.05, 3.63) is 77.0 Å². The third kappa shape index (κ3) is 4.52. The van der Waals surface area contributed by atoms with E-state index in [1.54, 1.807) is 30.5 Å². The van der Waals surface area contributed by atoms with Crippen molar-refractivity contribution in [3.8, 4) is 0 Å². The number of fused-ring (bicyclic) bond motifs is 1. The Balaban J connectivity index is 1.55. The molecule has 2 aromatic carbocycles. The van der Waals surface area contributed by atoms with Crippen molar-refractivity contribution >= 4 is 46.1 Å². The lowest BCUT2D eigenvalue weighted by Gasteiger charge is -2.27. The molecule has 0 radical (unpaired) electrons. The van der Waals surface area contributed by atoms with Crippen molar-refractivity contribution < 1.29 is 9.59 Å². The van der Waals surface area contributed by atoms with Gasteiger partial charge in [-0.1, -0.05) is 35.9 Å². The lowest BCUT2D eigenvalue weighted by molar-refractivity contribution is -0.111. The number of anilines is 1. The summed E-state index contributed by atoms with van der Waals surface area (Å²) >= 11 is 6.13. The molecule has 2 heterocycles. The second kappa shape index (κ2) is 9.09. The van der Waals surface area contributed by atoms with Crippen molar-refractivity contribution in [2.75, 3.05) is 18.4 Å². The Hall–Kier alpha value is -3.18. The first-order valence-electron chi connectivity index (χ1n) is 10.0. The highest BCUT2D eigenvalue weighted by atomic mass is 35.5.